The molecule has 0 aromatic heterocycles. The van der Waals surface area contributed by atoms with Gasteiger partial charge in [-0.25, -0.2) is 0 Å². The van der Waals surface area contributed by atoms with Crippen molar-refractivity contribution in [1.82, 2.24) is 0 Å². The fourth-order valence-electron chi connectivity index (χ4n) is 2.98. The van der Waals surface area contributed by atoms with Gasteiger partial charge in [0.25, 0.3) is 0 Å². The van der Waals surface area contributed by atoms with Crippen molar-refractivity contribution < 1.29 is 9.47 Å². The zero-order chi connectivity index (χ0) is 9.36. The van der Waals surface area contributed by atoms with Crippen molar-refractivity contribution in [3.63, 3.8) is 0 Å². The summed E-state index contributed by atoms with van der Waals surface area (Å²) in [5, 5.41) is 0. The summed E-state index contributed by atoms with van der Waals surface area (Å²) in [5.74, 6) is -0.292. The maximum atomic E-state index is 5.80. The molecule has 2 aliphatic rings. The summed E-state index contributed by atoms with van der Waals surface area (Å²) in [5.41, 5.74) is 0.177. The van der Waals surface area contributed by atoms with Gasteiger partial charge in [0.1, 0.15) is 0 Å². The summed E-state index contributed by atoms with van der Waals surface area (Å²) in [6.45, 7) is 2.92. The van der Waals surface area contributed by atoms with E-state index in [1.165, 1.54) is 12.8 Å². The van der Waals surface area contributed by atoms with Gasteiger partial charge in [0.15, 0.2) is 5.79 Å². The zero-order valence-corrected chi connectivity index (χ0v) is 8.51. The molecule has 2 fully saturated rings. The molecule has 0 aromatic carbocycles. The van der Waals surface area contributed by atoms with Gasteiger partial charge in [-0.1, -0.05) is 12.2 Å². The van der Waals surface area contributed by atoms with Crippen LogP contribution in [0.1, 0.15) is 32.6 Å². The van der Waals surface area contributed by atoms with Crippen LogP contribution in [0.2, 0.25) is 0 Å². The standard InChI is InChI=1S/C11H18O2/c1-3-5-10-6-4-7-11(10,12-2)13-9-8-10/h3,5H,4,6-9H2,1-2H3/b5-3-. The number of methoxy groups -OCH3 is 1. The molecule has 13 heavy (non-hydrogen) atoms. The second-order valence-electron chi connectivity index (χ2n) is 4.07. The van der Waals surface area contributed by atoms with E-state index in [0.717, 1.165) is 19.4 Å². The number of fused-ring (bicyclic) bond motifs is 1. The average Bonchev–Trinajstić information content (AvgIpc) is 2.59. The maximum absolute atomic E-state index is 5.80. The first kappa shape index (κ1) is 9.22. The van der Waals surface area contributed by atoms with Gasteiger partial charge >= 0.3 is 0 Å². The highest BCUT2D eigenvalue weighted by molar-refractivity contribution is 5.13. The Hall–Kier alpha value is -0.340. The van der Waals surface area contributed by atoms with E-state index in [4.69, 9.17) is 9.47 Å². The summed E-state index contributed by atoms with van der Waals surface area (Å²) >= 11 is 0. The lowest BCUT2D eigenvalue weighted by molar-refractivity contribution is -0.221. The molecule has 1 aliphatic heterocycles. The molecule has 2 atom stereocenters. The van der Waals surface area contributed by atoms with Crippen molar-refractivity contribution in [3.8, 4) is 0 Å². The third-order valence-electron chi connectivity index (χ3n) is 3.59. The summed E-state index contributed by atoms with van der Waals surface area (Å²) in [4.78, 5) is 0. The largest absolute Gasteiger partial charge is 0.352 e. The molecule has 2 heteroatoms. The molecular formula is C11H18O2. The Balaban J connectivity index is 2.33. The molecule has 0 bridgehead atoms. The predicted molar refractivity (Wildman–Crippen MR) is 51.4 cm³/mol. The Labute approximate surface area is 79.9 Å². The van der Waals surface area contributed by atoms with Crippen LogP contribution in [0.5, 0.6) is 0 Å². The average molecular weight is 182 g/mol. The first-order chi connectivity index (χ1) is 6.29. The van der Waals surface area contributed by atoms with Gasteiger partial charge in [0, 0.05) is 18.9 Å². The highest BCUT2D eigenvalue weighted by atomic mass is 16.7. The third kappa shape index (κ3) is 1.09. The van der Waals surface area contributed by atoms with Crippen LogP contribution in [0.15, 0.2) is 12.2 Å². The SMILES string of the molecule is C/C=C\C12CCCC1(OC)OCC2. The molecule has 2 nitrogen and oxygen atoms in total. The Morgan fingerprint density at radius 3 is 2.85 bits per heavy atom. The summed E-state index contributed by atoms with van der Waals surface area (Å²) in [6, 6.07) is 0. The molecule has 74 valence electrons. The monoisotopic (exact) mass is 182 g/mol. The van der Waals surface area contributed by atoms with E-state index in [1.807, 2.05) is 0 Å². The molecule has 0 amide bonds. The lowest BCUT2D eigenvalue weighted by atomic mass is 9.80. The van der Waals surface area contributed by atoms with Crippen molar-refractivity contribution >= 4 is 0 Å². The van der Waals surface area contributed by atoms with Gasteiger partial charge in [0.05, 0.1) is 6.61 Å². The van der Waals surface area contributed by atoms with Crippen molar-refractivity contribution in [2.24, 2.45) is 5.41 Å². The fraction of sp³-hybridized carbons (Fsp3) is 0.818. The molecule has 0 N–H and O–H groups in total. The molecule has 1 heterocycles. The van der Waals surface area contributed by atoms with E-state index in [1.54, 1.807) is 7.11 Å². The van der Waals surface area contributed by atoms with Crippen LogP contribution >= 0.6 is 0 Å². The number of allylic oxidation sites excluding steroid dienone is 1. The fourth-order valence-corrected chi connectivity index (χ4v) is 2.98. The van der Waals surface area contributed by atoms with Crippen LogP contribution in [0.4, 0.5) is 0 Å². The first-order valence-corrected chi connectivity index (χ1v) is 5.12. The molecule has 2 rings (SSSR count). The Morgan fingerprint density at radius 1 is 1.31 bits per heavy atom. The highest BCUT2D eigenvalue weighted by Gasteiger charge is 2.58. The minimum Gasteiger partial charge on any atom is -0.352 e. The van der Waals surface area contributed by atoms with Crippen molar-refractivity contribution in [2.45, 2.75) is 38.4 Å². The minimum absolute atomic E-state index is 0.177. The normalized spacial score (nSPS) is 44.5. The van der Waals surface area contributed by atoms with E-state index in [-0.39, 0.29) is 11.2 Å². The van der Waals surface area contributed by atoms with Gasteiger partial charge in [-0.15, -0.1) is 0 Å². The van der Waals surface area contributed by atoms with Crippen LogP contribution in [0, 0.1) is 5.41 Å². The van der Waals surface area contributed by atoms with E-state index in [9.17, 15) is 0 Å². The summed E-state index contributed by atoms with van der Waals surface area (Å²) < 4.78 is 11.4. The van der Waals surface area contributed by atoms with Gasteiger partial charge in [-0.05, 0) is 26.2 Å². The zero-order valence-electron chi connectivity index (χ0n) is 8.51. The van der Waals surface area contributed by atoms with Crippen molar-refractivity contribution in [1.29, 1.82) is 0 Å². The number of ether oxygens (including phenoxy) is 2. The van der Waals surface area contributed by atoms with E-state index >= 15 is 0 Å². The molecule has 1 saturated carbocycles. The lowest BCUT2D eigenvalue weighted by Crippen LogP contribution is -2.40. The lowest BCUT2D eigenvalue weighted by Gasteiger charge is -2.35. The smallest absolute Gasteiger partial charge is 0.177 e. The molecule has 1 saturated heterocycles. The third-order valence-corrected chi connectivity index (χ3v) is 3.59. The van der Waals surface area contributed by atoms with Gasteiger partial charge in [0.2, 0.25) is 0 Å². The molecular weight excluding hydrogens is 164 g/mol. The quantitative estimate of drug-likeness (QED) is 0.611. The Bertz CT molecular complexity index is 210. The highest BCUT2D eigenvalue weighted by Crippen LogP contribution is 2.56. The van der Waals surface area contributed by atoms with E-state index in [0.29, 0.717) is 0 Å². The molecule has 0 spiro atoms. The second kappa shape index (κ2) is 3.10. The van der Waals surface area contributed by atoms with Crippen LogP contribution in [-0.2, 0) is 9.47 Å². The van der Waals surface area contributed by atoms with Crippen molar-refractivity contribution in [2.75, 3.05) is 13.7 Å². The maximum Gasteiger partial charge on any atom is 0.177 e. The van der Waals surface area contributed by atoms with Crippen molar-refractivity contribution in [3.05, 3.63) is 12.2 Å². The Kier molecular flexibility index (Phi) is 2.20. The molecule has 2 unspecified atom stereocenters. The topological polar surface area (TPSA) is 18.5 Å². The summed E-state index contributed by atoms with van der Waals surface area (Å²) in [7, 11) is 1.77. The van der Waals surface area contributed by atoms with Crippen LogP contribution in [0.25, 0.3) is 0 Å². The van der Waals surface area contributed by atoms with Gasteiger partial charge in [-0.2, -0.15) is 0 Å². The second-order valence-corrected chi connectivity index (χ2v) is 4.07. The molecule has 0 aromatic rings. The Morgan fingerprint density at radius 2 is 2.15 bits per heavy atom. The van der Waals surface area contributed by atoms with Gasteiger partial charge < -0.3 is 9.47 Å². The summed E-state index contributed by atoms with van der Waals surface area (Å²) in [6.07, 6.45) is 9.02. The van der Waals surface area contributed by atoms with Crippen LogP contribution in [0.3, 0.4) is 0 Å². The van der Waals surface area contributed by atoms with Crippen LogP contribution < -0.4 is 0 Å². The van der Waals surface area contributed by atoms with Crippen LogP contribution in [-0.4, -0.2) is 19.5 Å². The predicted octanol–water partition coefficient (Wildman–Crippen LogP) is 2.50. The first-order valence-electron chi connectivity index (χ1n) is 5.12. The van der Waals surface area contributed by atoms with Gasteiger partial charge in [-0.3, -0.25) is 0 Å². The number of rotatable bonds is 2. The van der Waals surface area contributed by atoms with E-state index < -0.39 is 0 Å². The molecule has 0 radical (unpaired) electrons. The minimum atomic E-state index is -0.292. The van der Waals surface area contributed by atoms with E-state index in [2.05, 4.69) is 19.1 Å². The number of hydrogen-bond acceptors (Lipinski definition) is 2. The molecule has 1 aliphatic carbocycles. The number of hydrogen-bond donors (Lipinski definition) is 0.